The van der Waals surface area contributed by atoms with Gasteiger partial charge in [0.2, 0.25) is 0 Å². The number of nitrogens with one attached hydrogen (secondary N) is 1. The Morgan fingerprint density at radius 3 is 2.74 bits per heavy atom. The van der Waals surface area contributed by atoms with Crippen LogP contribution in [0.2, 0.25) is 0 Å². The van der Waals surface area contributed by atoms with Gasteiger partial charge < -0.3 is 15.2 Å². The summed E-state index contributed by atoms with van der Waals surface area (Å²) in [6.07, 6.45) is 1.78. The second-order valence-corrected chi connectivity index (χ2v) is 4.39. The number of ether oxygens (including phenoxy) is 1. The molecule has 0 aliphatic carbocycles. The van der Waals surface area contributed by atoms with Crippen LogP contribution >= 0.6 is 0 Å². The fourth-order valence-corrected chi connectivity index (χ4v) is 2.03. The van der Waals surface area contributed by atoms with Crippen LogP contribution < -0.4 is 10.1 Å². The molecule has 1 unspecified atom stereocenters. The van der Waals surface area contributed by atoms with Crippen molar-refractivity contribution in [2.24, 2.45) is 7.05 Å². The van der Waals surface area contributed by atoms with Crippen LogP contribution in [0.1, 0.15) is 17.3 Å². The molecule has 0 bridgehead atoms. The highest BCUT2D eigenvalue weighted by molar-refractivity contribution is 5.57. The predicted molar refractivity (Wildman–Crippen MR) is 74.4 cm³/mol. The van der Waals surface area contributed by atoms with E-state index >= 15 is 0 Å². The lowest BCUT2D eigenvalue weighted by atomic mass is 10.1. The van der Waals surface area contributed by atoms with E-state index in [2.05, 4.69) is 10.4 Å². The number of hydrogen-bond acceptors (Lipinski definition) is 4. The Balaban J connectivity index is 2.26. The summed E-state index contributed by atoms with van der Waals surface area (Å²) in [6.45, 7) is 1.97. The van der Waals surface area contributed by atoms with Crippen LogP contribution in [-0.2, 0) is 7.05 Å². The fraction of sp³-hybridized carbons (Fsp3) is 0.357. The minimum absolute atomic E-state index is 0.00934. The summed E-state index contributed by atoms with van der Waals surface area (Å²) < 4.78 is 7.09. The minimum atomic E-state index is -0.204. The highest BCUT2D eigenvalue weighted by atomic mass is 16.5. The molecular weight excluding hydrogens is 242 g/mol. The molecule has 0 aliphatic heterocycles. The van der Waals surface area contributed by atoms with Gasteiger partial charge in [-0.3, -0.25) is 4.68 Å². The number of nitrogens with zero attached hydrogens (tertiary/aromatic N) is 2. The summed E-state index contributed by atoms with van der Waals surface area (Å²) in [4.78, 5) is 0. The van der Waals surface area contributed by atoms with Crippen LogP contribution in [-0.4, -0.2) is 28.6 Å². The molecule has 2 aromatic rings. The van der Waals surface area contributed by atoms with Gasteiger partial charge in [0.05, 0.1) is 31.6 Å². The van der Waals surface area contributed by atoms with Crippen LogP contribution in [0.25, 0.3) is 0 Å². The van der Waals surface area contributed by atoms with Gasteiger partial charge >= 0.3 is 0 Å². The highest BCUT2D eigenvalue weighted by Crippen LogP contribution is 2.28. The Kier molecular flexibility index (Phi) is 4.06. The molecule has 5 nitrogen and oxygen atoms in total. The quantitative estimate of drug-likeness (QED) is 0.863. The fourth-order valence-electron chi connectivity index (χ4n) is 2.03. The normalized spacial score (nSPS) is 12.2. The summed E-state index contributed by atoms with van der Waals surface area (Å²) >= 11 is 0. The first-order valence-electron chi connectivity index (χ1n) is 6.16. The van der Waals surface area contributed by atoms with Crippen molar-refractivity contribution in [2.45, 2.75) is 13.0 Å². The summed E-state index contributed by atoms with van der Waals surface area (Å²) in [5, 5.41) is 17.1. The topological polar surface area (TPSA) is 59.3 Å². The van der Waals surface area contributed by atoms with Gasteiger partial charge in [0.15, 0.2) is 0 Å². The van der Waals surface area contributed by atoms with Crippen molar-refractivity contribution in [3.05, 3.63) is 41.7 Å². The van der Waals surface area contributed by atoms with E-state index in [0.29, 0.717) is 0 Å². The average Bonchev–Trinajstić information content (AvgIpc) is 2.77. The van der Waals surface area contributed by atoms with E-state index in [1.807, 2.05) is 38.2 Å². The third kappa shape index (κ3) is 2.71. The Labute approximate surface area is 112 Å². The molecule has 0 radical (unpaired) electrons. The summed E-state index contributed by atoms with van der Waals surface area (Å²) in [5.41, 5.74) is 2.87. The van der Waals surface area contributed by atoms with E-state index in [4.69, 9.17) is 4.74 Å². The maximum absolute atomic E-state index is 9.60. The maximum Gasteiger partial charge on any atom is 0.141 e. The SMILES string of the molecule is COc1ccccc1NC(CO)c1cnn(C)c1C. The molecular formula is C14H19N3O2. The van der Waals surface area contributed by atoms with Crippen LogP contribution in [0.4, 0.5) is 5.69 Å². The number of hydrogen-bond donors (Lipinski definition) is 2. The molecule has 0 spiro atoms. The Morgan fingerprint density at radius 1 is 1.42 bits per heavy atom. The Bertz CT molecular complexity index is 551. The van der Waals surface area contributed by atoms with Gasteiger partial charge in [-0.05, 0) is 19.1 Å². The largest absolute Gasteiger partial charge is 0.495 e. The molecule has 0 fully saturated rings. The molecule has 1 aromatic carbocycles. The summed E-state index contributed by atoms with van der Waals surface area (Å²) in [7, 11) is 3.51. The zero-order valence-electron chi connectivity index (χ0n) is 11.4. The number of benzene rings is 1. The van der Waals surface area contributed by atoms with E-state index in [0.717, 1.165) is 22.7 Å². The van der Waals surface area contributed by atoms with E-state index in [1.54, 1.807) is 18.0 Å². The van der Waals surface area contributed by atoms with Gasteiger partial charge in [-0.25, -0.2) is 0 Å². The van der Waals surface area contributed by atoms with Crippen molar-refractivity contribution >= 4 is 5.69 Å². The Hall–Kier alpha value is -2.01. The molecule has 0 amide bonds. The van der Waals surface area contributed by atoms with Crippen molar-refractivity contribution in [1.29, 1.82) is 0 Å². The molecule has 1 aromatic heterocycles. The van der Waals surface area contributed by atoms with E-state index in [9.17, 15) is 5.11 Å². The molecule has 0 aliphatic rings. The standard InChI is InChI=1S/C14H19N3O2/c1-10-11(8-15-17(10)2)13(9-18)16-12-6-4-5-7-14(12)19-3/h4-8,13,16,18H,9H2,1-3H3. The van der Waals surface area contributed by atoms with Gasteiger partial charge in [-0.15, -0.1) is 0 Å². The van der Waals surface area contributed by atoms with E-state index < -0.39 is 0 Å². The molecule has 19 heavy (non-hydrogen) atoms. The number of aliphatic hydroxyl groups excluding tert-OH is 1. The van der Waals surface area contributed by atoms with Crippen molar-refractivity contribution in [1.82, 2.24) is 9.78 Å². The second kappa shape index (κ2) is 5.75. The third-order valence-corrected chi connectivity index (χ3v) is 3.27. The first-order valence-corrected chi connectivity index (χ1v) is 6.16. The summed E-state index contributed by atoms with van der Waals surface area (Å²) in [5.74, 6) is 0.752. The first kappa shape index (κ1) is 13.4. The third-order valence-electron chi connectivity index (χ3n) is 3.27. The zero-order valence-corrected chi connectivity index (χ0v) is 11.4. The summed E-state index contributed by atoms with van der Waals surface area (Å²) in [6, 6.07) is 7.44. The van der Waals surface area contributed by atoms with Gasteiger partial charge in [0, 0.05) is 18.3 Å². The number of aliphatic hydroxyl groups is 1. The molecule has 1 heterocycles. The molecule has 2 N–H and O–H groups in total. The first-order chi connectivity index (χ1) is 9.17. The van der Waals surface area contributed by atoms with Gasteiger partial charge in [-0.1, -0.05) is 12.1 Å². The van der Waals surface area contributed by atoms with Crippen LogP contribution in [0.5, 0.6) is 5.75 Å². The molecule has 0 saturated carbocycles. The van der Waals surface area contributed by atoms with Crippen molar-refractivity contribution in [3.63, 3.8) is 0 Å². The van der Waals surface area contributed by atoms with Crippen molar-refractivity contribution < 1.29 is 9.84 Å². The zero-order chi connectivity index (χ0) is 13.8. The smallest absolute Gasteiger partial charge is 0.141 e. The molecule has 5 heteroatoms. The molecule has 102 valence electrons. The number of rotatable bonds is 5. The van der Waals surface area contributed by atoms with E-state index in [1.165, 1.54) is 0 Å². The van der Waals surface area contributed by atoms with Crippen LogP contribution in [0, 0.1) is 6.92 Å². The minimum Gasteiger partial charge on any atom is -0.495 e. The number of methoxy groups -OCH3 is 1. The monoisotopic (exact) mass is 261 g/mol. The second-order valence-electron chi connectivity index (χ2n) is 4.39. The average molecular weight is 261 g/mol. The molecule has 1 atom stereocenters. The number of para-hydroxylation sites is 2. The van der Waals surface area contributed by atoms with Gasteiger partial charge in [0.25, 0.3) is 0 Å². The maximum atomic E-state index is 9.60. The Morgan fingerprint density at radius 2 is 2.16 bits per heavy atom. The number of anilines is 1. The molecule has 0 saturated heterocycles. The van der Waals surface area contributed by atoms with Gasteiger partial charge in [-0.2, -0.15) is 5.10 Å². The van der Waals surface area contributed by atoms with Crippen molar-refractivity contribution in [2.75, 3.05) is 19.0 Å². The molecule has 2 rings (SSSR count). The number of aryl methyl sites for hydroxylation is 1. The van der Waals surface area contributed by atoms with Crippen LogP contribution in [0.3, 0.4) is 0 Å². The van der Waals surface area contributed by atoms with Gasteiger partial charge in [0.1, 0.15) is 5.75 Å². The number of aromatic nitrogens is 2. The van der Waals surface area contributed by atoms with Crippen molar-refractivity contribution in [3.8, 4) is 5.75 Å². The lowest BCUT2D eigenvalue weighted by molar-refractivity contribution is 0.275. The lowest BCUT2D eigenvalue weighted by Gasteiger charge is -2.19. The predicted octanol–water partition coefficient (Wildman–Crippen LogP) is 1.88. The highest BCUT2D eigenvalue weighted by Gasteiger charge is 2.17. The van der Waals surface area contributed by atoms with Crippen LogP contribution in [0.15, 0.2) is 30.5 Å². The van der Waals surface area contributed by atoms with E-state index in [-0.39, 0.29) is 12.6 Å². The lowest BCUT2D eigenvalue weighted by Crippen LogP contribution is -2.16.